The fourth-order valence-electron chi connectivity index (χ4n) is 2.69. The maximum atomic E-state index is 11.8. The summed E-state index contributed by atoms with van der Waals surface area (Å²) in [5.74, 6) is -0.0639. The fraction of sp³-hybridized carbons (Fsp3) is 0.500. The Balaban J connectivity index is 1.70. The van der Waals surface area contributed by atoms with Crippen LogP contribution in [0.15, 0.2) is 12.7 Å². The van der Waals surface area contributed by atoms with E-state index >= 15 is 0 Å². The van der Waals surface area contributed by atoms with Crippen LogP contribution < -0.4 is 5.48 Å². The Morgan fingerprint density at radius 2 is 1.72 bits per heavy atom. The summed E-state index contributed by atoms with van der Waals surface area (Å²) >= 11 is 0. The molecule has 32 heavy (non-hydrogen) atoms. The predicted molar refractivity (Wildman–Crippen MR) is 96.5 cm³/mol. The van der Waals surface area contributed by atoms with E-state index in [1.54, 1.807) is 5.48 Å². The van der Waals surface area contributed by atoms with Gasteiger partial charge in [-0.1, -0.05) is 0 Å². The van der Waals surface area contributed by atoms with Crippen molar-refractivity contribution in [1.29, 1.82) is 0 Å². The molecule has 1 aliphatic rings. The van der Waals surface area contributed by atoms with E-state index in [-0.39, 0.29) is 17.0 Å². The van der Waals surface area contributed by atoms with Crippen LogP contribution in [0, 0.1) is 0 Å². The van der Waals surface area contributed by atoms with Gasteiger partial charge in [0, 0.05) is 0 Å². The van der Waals surface area contributed by atoms with Gasteiger partial charge in [-0.05, 0) is 0 Å². The zero-order chi connectivity index (χ0) is 23.9. The normalized spacial score (nSPS) is 27.8. The molecule has 1 fully saturated rings. The predicted octanol–water partition coefficient (Wildman–Crippen LogP) is -1.41. The second kappa shape index (κ2) is 9.09. The van der Waals surface area contributed by atoms with Crippen molar-refractivity contribution in [2.24, 2.45) is 0 Å². The highest BCUT2D eigenvalue weighted by Gasteiger charge is 2.47. The fourth-order valence-corrected chi connectivity index (χ4v) is 5.72. The summed E-state index contributed by atoms with van der Waals surface area (Å²) in [4.78, 5) is 47.2. The van der Waals surface area contributed by atoms with Gasteiger partial charge in [0.05, 0.1) is 12.9 Å². The Morgan fingerprint density at radius 1 is 1.03 bits per heavy atom. The Labute approximate surface area is 176 Å². The first-order valence-electron chi connectivity index (χ1n) is 8.10. The molecule has 6 atom stereocenters. The summed E-state index contributed by atoms with van der Waals surface area (Å²) in [6, 6.07) is 0. The SMILES string of the molecule is O=P(O)(O)OP(=O)(O)OP(=O)(O)OC[C@H]1O[C@@H](n2cnc3c(NO)ncnc32)[C@H](O)[C@@H]1O. The number of hydrogen-bond donors (Lipinski definition) is 8. The lowest BCUT2D eigenvalue weighted by molar-refractivity contribution is -0.0503. The zero-order valence-electron chi connectivity index (χ0n) is 15.3. The monoisotopic (exact) mass is 523 g/mol. The number of aliphatic hydroxyl groups is 2. The van der Waals surface area contributed by atoms with Crippen molar-refractivity contribution >= 4 is 40.4 Å². The lowest BCUT2D eigenvalue weighted by atomic mass is 10.1. The average molecular weight is 523 g/mol. The number of phosphoric acid groups is 3. The van der Waals surface area contributed by atoms with E-state index in [2.05, 4.69) is 28.1 Å². The number of hydrogen-bond acceptors (Lipinski definition) is 14. The van der Waals surface area contributed by atoms with Gasteiger partial charge in [-0.3, -0.25) is 19.8 Å². The Hall–Kier alpha value is -1.40. The molecule has 2 unspecified atom stereocenters. The topological polar surface area (TPSA) is 285 Å². The third-order valence-corrected chi connectivity index (χ3v) is 7.70. The van der Waals surface area contributed by atoms with Gasteiger partial charge >= 0.3 is 23.5 Å². The lowest BCUT2D eigenvalue weighted by Crippen LogP contribution is -2.33. The summed E-state index contributed by atoms with van der Waals surface area (Å²) < 4.78 is 51.8. The van der Waals surface area contributed by atoms with Crippen molar-refractivity contribution in [2.75, 3.05) is 12.1 Å². The van der Waals surface area contributed by atoms with Crippen molar-refractivity contribution in [3.8, 4) is 0 Å². The van der Waals surface area contributed by atoms with Crippen molar-refractivity contribution in [1.82, 2.24) is 19.5 Å². The summed E-state index contributed by atoms with van der Waals surface area (Å²) in [5.41, 5.74) is 1.95. The van der Waals surface area contributed by atoms with Crippen molar-refractivity contribution in [3.63, 3.8) is 0 Å². The third kappa shape index (κ3) is 5.74. The Kier molecular flexibility index (Phi) is 7.17. The van der Waals surface area contributed by atoms with Crippen LogP contribution in [0.5, 0.6) is 0 Å². The highest BCUT2D eigenvalue weighted by atomic mass is 31.3. The first-order chi connectivity index (χ1) is 14.7. The summed E-state index contributed by atoms with van der Waals surface area (Å²) in [5, 5.41) is 29.5. The molecule has 0 saturated carbocycles. The zero-order valence-corrected chi connectivity index (χ0v) is 18.0. The Bertz CT molecular complexity index is 1120. The van der Waals surface area contributed by atoms with Gasteiger partial charge in [0.2, 0.25) is 0 Å². The maximum absolute atomic E-state index is 11.8. The van der Waals surface area contributed by atoms with Crippen LogP contribution in [-0.4, -0.2) is 79.4 Å². The second-order valence-corrected chi connectivity index (χ2v) is 10.5. The van der Waals surface area contributed by atoms with Gasteiger partial charge in [0.25, 0.3) is 0 Å². The summed E-state index contributed by atoms with van der Waals surface area (Å²) in [6.07, 6.45) is -3.97. The number of aromatic nitrogens is 4. The van der Waals surface area contributed by atoms with Gasteiger partial charge in [-0.25, -0.2) is 28.6 Å². The molecule has 1 saturated heterocycles. The number of ether oxygens (including phenoxy) is 1. The molecular formula is C10H16N5O14P3. The van der Waals surface area contributed by atoms with Gasteiger partial charge in [-0.15, -0.1) is 0 Å². The van der Waals surface area contributed by atoms with Gasteiger partial charge < -0.3 is 34.5 Å². The van der Waals surface area contributed by atoms with E-state index in [0.717, 1.165) is 17.2 Å². The van der Waals surface area contributed by atoms with Crippen molar-refractivity contribution in [3.05, 3.63) is 12.7 Å². The molecule has 3 rings (SSSR count). The number of fused-ring (bicyclic) bond motifs is 1. The summed E-state index contributed by atoms with van der Waals surface area (Å²) in [7, 11) is -16.7. The summed E-state index contributed by atoms with van der Waals surface area (Å²) in [6.45, 7) is -0.983. The number of imidazole rings is 1. The molecule has 22 heteroatoms. The van der Waals surface area contributed by atoms with E-state index in [9.17, 15) is 28.8 Å². The van der Waals surface area contributed by atoms with Gasteiger partial charge in [0.1, 0.15) is 24.6 Å². The van der Waals surface area contributed by atoms with Gasteiger partial charge in [-0.2, -0.15) is 8.62 Å². The molecule has 19 nitrogen and oxygen atoms in total. The van der Waals surface area contributed by atoms with Crippen molar-refractivity contribution < 1.29 is 66.6 Å². The number of anilines is 1. The quantitative estimate of drug-likeness (QED) is 0.138. The van der Waals surface area contributed by atoms with E-state index in [1.807, 2.05) is 0 Å². The number of phosphoric ester groups is 1. The molecule has 2 aromatic rings. The van der Waals surface area contributed by atoms with Crippen LogP contribution in [0.25, 0.3) is 11.2 Å². The molecule has 0 aliphatic carbocycles. The third-order valence-electron chi connectivity index (χ3n) is 3.89. The molecule has 2 aromatic heterocycles. The second-order valence-electron chi connectivity index (χ2n) is 6.09. The van der Waals surface area contributed by atoms with E-state index in [4.69, 9.17) is 24.6 Å². The largest absolute Gasteiger partial charge is 0.490 e. The first kappa shape index (κ1) is 25.2. The standard InChI is InChI=1S/C10H16N5O14P3/c16-6-4(1-26-31(22,23)29-32(24,25)28-30(19,20)21)27-10(7(6)17)15-3-13-5-8(14-18)11-2-12-9(5)15/h2-4,6-7,10,16-18H,1H2,(H,22,23)(H,24,25)(H,11,12,14)(H2,19,20,21)/t4-,6-,7-,10-/m1/s1. The highest BCUT2D eigenvalue weighted by molar-refractivity contribution is 7.66. The highest BCUT2D eigenvalue weighted by Crippen LogP contribution is 2.66. The van der Waals surface area contributed by atoms with Crippen LogP contribution in [0.1, 0.15) is 6.23 Å². The molecule has 0 aromatic carbocycles. The Morgan fingerprint density at radius 3 is 2.34 bits per heavy atom. The molecular weight excluding hydrogens is 507 g/mol. The van der Waals surface area contributed by atoms with Crippen LogP contribution in [0.3, 0.4) is 0 Å². The van der Waals surface area contributed by atoms with E-state index < -0.39 is 54.6 Å². The van der Waals surface area contributed by atoms with Crippen LogP contribution in [-0.2, 0) is 31.6 Å². The molecule has 1 aliphatic heterocycles. The van der Waals surface area contributed by atoms with Crippen LogP contribution >= 0.6 is 23.5 Å². The molecule has 0 bridgehead atoms. The number of rotatable bonds is 9. The minimum absolute atomic E-state index is 0.0639. The molecule has 0 amide bonds. The lowest BCUT2D eigenvalue weighted by Gasteiger charge is -2.19. The maximum Gasteiger partial charge on any atom is 0.490 e. The molecule has 3 heterocycles. The first-order valence-corrected chi connectivity index (χ1v) is 12.6. The molecule has 8 N–H and O–H groups in total. The smallest absolute Gasteiger partial charge is 0.387 e. The number of aliphatic hydroxyl groups excluding tert-OH is 2. The molecule has 0 radical (unpaired) electrons. The van der Waals surface area contributed by atoms with Gasteiger partial charge in [0.15, 0.2) is 23.2 Å². The van der Waals surface area contributed by atoms with E-state index in [0.29, 0.717) is 0 Å². The number of nitrogens with zero attached hydrogens (tertiary/aromatic N) is 4. The minimum atomic E-state index is -5.72. The minimum Gasteiger partial charge on any atom is -0.387 e. The molecule has 180 valence electrons. The van der Waals surface area contributed by atoms with E-state index in [1.165, 1.54) is 0 Å². The van der Waals surface area contributed by atoms with Crippen LogP contribution in [0.4, 0.5) is 5.82 Å². The van der Waals surface area contributed by atoms with Crippen molar-refractivity contribution in [2.45, 2.75) is 24.5 Å². The van der Waals surface area contributed by atoms with Crippen LogP contribution in [0.2, 0.25) is 0 Å². The molecule has 0 spiro atoms. The number of nitrogens with one attached hydrogen (secondary N) is 1. The average Bonchev–Trinajstić information content (AvgIpc) is 3.19.